The Morgan fingerprint density at radius 3 is 2.42 bits per heavy atom. The Kier molecular flexibility index (Phi) is 4.66. The molecule has 0 saturated heterocycles. The maximum absolute atomic E-state index is 13.9. The molecule has 2 aliphatic rings. The van der Waals surface area contributed by atoms with Gasteiger partial charge in [0.15, 0.2) is 0 Å². The summed E-state index contributed by atoms with van der Waals surface area (Å²) in [5, 5.41) is 0. The number of rotatable bonds is 3. The van der Waals surface area contributed by atoms with Crippen molar-refractivity contribution in [2.75, 3.05) is 16.3 Å². The maximum atomic E-state index is 13.9. The molecular weight excluding hydrogens is 391 g/mol. The third kappa shape index (κ3) is 3.22. The summed E-state index contributed by atoms with van der Waals surface area (Å²) in [5.41, 5.74) is 4.77. The van der Waals surface area contributed by atoms with Gasteiger partial charge in [-0.2, -0.15) is 0 Å². The van der Waals surface area contributed by atoms with E-state index in [-0.39, 0.29) is 5.69 Å². The van der Waals surface area contributed by atoms with Crippen molar-refractivity contribution in [3.05, 3.63) is 101 Å². The molecule has 2 heterocycles. The van der Waals surface area contributed by atoms with E-state index in [1.54, 1.807) is 6.07 Å². The third-order valence-corrected chi connectivity index (χ3v) is 5.85. The van der Waals surface area contributed by atoms with Crippen LogP contribution in [0.5, 0.6) is 0 Å². The smallest absolute Gasteiger partial charge is 0.282 e. The van der Waals surface area contributed by atoms with Gasteiger partial charge < -0.3 is 4.90 Å². The Labute approximate surface area is 180 Å². The number of hydrogen-bond acceptors (Lipinski definition) is 3. The van der Waals surface area contributed by atoms with E-state index in [1.165, 1.54) is 18.2 Å². The summed E-state index contributed by atoms with van der Waals surface area (Å²) in [4.78, 5) is 30.3. The Morgan fingerprint density at radius 1 is 0.871 bits per heavy atom. The van der Waals surface area contributed by atoms with Crippen LogP contribution in [0.25, 0.3) is 5.57 Å². The fraction of sp³-hybridized carbons (Fsp3) is 0.154. The number of para-hydroxylation sites is 1. The first kappa shape index (κ1) is 19.2. The van der Waals surface area contributed by atoms with E-state index in [0.29, 0.717) is 23.4 Å². The lowest BCUT2D eigenvalue weighted by Crippen LogP contribution is -2.37. The Bertz CT molecular complexity index is 1230. The first-order valence-corrected chi connectivity index (χ1v) is 10.4. The molecule has 0 aromatic heterocycles. The van der Waals surface area contributed by atoms with Crippen molar-refractivity contribution in [3.63, 3.8) is 0 Å². The molecule has 0 spiro atoms. The number of nitrogens with zero attached hydrogens (tertiary/aromatic N) is 2. The first-order valence-electron chi connectivity index (χ1n) is 10.4. The van der Waals surface area contributed by atoms with E-state index in [2.05, 4.69) is 6.07 Å². The van der Waals surface area contributed by atoms with Crippen LogP contribution in [-0.4, -0.2) is 18.4 Å². The lowest BCUT2D eigenvalue weighted by Gasteiger charge is -2.32. The van der Waals surface area contributed by atoms with Gasteiger partial charge in [0, 0.05) is 12.2 Å². The van der Waals surface area contributed by atoms with E-state index in [1.807, 2.05) is 54.3 Å². The number of fused-ring (bicyclic) bond motifs is 1. The van der Waals surface area contributed by atoms with Gasteiger partial charge in [0.25, 0.3) is 11.8 Å². The van der Waals surface area contributed by atoms with Crippen molar-refractivity contribution in [2.24, 2.45) is 0 Å². The minimum atomic E-state index is -0.494. The molecule has 0 saturated carbocycles. The molecule has 3 aromatic carbocycles. The molecule has 5 heteroatoms. The summed E-state index contributed by atoms with van der Waals surface area (Å²) in [5.74, 6) is -1.35. The quantitative estimate of drug-likeness (QED) is 0.576. The number of amides is 2. The second-order valence-corrected chi connectivity index (χ2v) is 7.90. The van der Waals surface area contributed by atoms with Gasteiger partial charge in [-0.05, 0) is 55.2 Å². The van der Waals surface area contributed by atoms with Gasteiger partial charge in [-0.25, -0.2) is 9.29 Å². The fourth-order valence-corrected chi connectivity index (χ4v) is 4.36. The predicted octanol–water partition coefficient (Wildman–Crippen LogP) is 4.87. The normalized spacial score (nSPS) is 16.2. The lowest BCUT2D eigenvalue weighted by molar-refractivity contribution is -0.120. The number of halogens is 1. The molecule has 0 radical (unpaired) electrons. The third-order valence-electron chi connectivity index (χ3n) is 5.85. The SMILES string of the molecule is Cc1ccc(C2=C(N3CCCc4ccccc43)C(=O)N(c3cccc(F)c3)C2=O)cc1. The van der Waals surface area contributed by atoms with Gasteiger partial charge in [-0.3, -0.25) is 9.59 Å². The molecule has 2 aliphatic heterocycles. The lowest BCUT2D eigenvalue weighted by atomic mass is 9.98. The summed E-state index contributed by atoms with van der Waals surface area (Å²) in [7, 11) is 0. The molecule has 3 aromatic rings. The number of aryl methyl sites for hydroxylation is 2. The zero-order chi connectivity index (χ0) is 21.5. The van der Waals surface area contributed by atoms with Crippen LogP contribution in [0.4, 0.5) is 15.8 Å². The van der Waals surface area contributed by atoms with Gasteiger partial charge in [-0.1, -0.05) is 54.1 Å². The molecule has 0 fully saturated rings. The van der Waals surface area contributed by atoms with Crippen LogP contribution in [0.2, 0.25) is 0 Å². The van der Waals surface area contributed by atoms with E-state index >= 15 is 0 Å². The Hall–Kier alpha value is -3.73. The fourth-order valence-electron chi connectivity index (χ4n) is 4.36. The number of carbonyl (C=O) groups is 2. The van der Waals surface area contributed by atoms with Crippen LogP contribution in [0.3, 0.4) is 0 Å². The summed E-state index contributed by atoms with van der Waals surface area (Å²) < 4.78 is 13.9. The van der Waals surface area contributed by atoms with Gasteiger partial charge in [0.2, 0.25) is 0 Å². The highest BCUT2D eigenvalue weighted by Gasteiger charge is 2.43. The minimum absolute atomic E-state index is 0.236. The number of benzene rings is 3. The maximum Gasteiger partial charge on any atom is 0.282 e. The van der Waals surface area contributed by atoms with Gasteiger partial charge in [-0.15, -0.1) is 0 Å². The Morgan fingerprint density at radius 2 is 1.65 bits per heavy atom. The molecule has 0 aliphatic carbocycles. The largest absolute Gasteiger partial charge is 0.336 e. The van der Waals surface area contributed by atoms with Crippen LogP contribution in [0.1, 0.15) is 23.1 Å². The number of carbonyl (C=O) groups excluding carboxylic acids is 2. The molecule has 5 rings (SSSR count). The van der Waals surface area contributed by atoms with E-state index in [9.17, 15) is 14.0 Å². The highest BCUT2D eigenvalue weighted by molar-refractivity contribution is 6.46. The zero-order valence-corrected chi connectivity index (χ0v) is 17.1. The van der Waals surface area contributed by atoms with Crippen LogP contribution in [0, 0.1) is 12.7 Å². The van der Waals surface area contributed by atoms with Crippen LogP contribution >= 0.6 is 0 Å². The van der Waals surface area contributed by atoms with Crippen LogP contribution < -0.4 is 9.80 Å². The second-order valence-electron chi connectivity index (χ2n) is 7.90. The summed E-state index contributed by atoms with van der Waals surface area (Å²) in [6.45, 7) is 2.61. The highest BCUT2D eigenvalue weighted by atomic mass is 19.1. The van der Waals surface area contributed by atoms with E-state index in [0.717, 1.165) is 34.6 Å². The number of hydrogen-bond donors (Lipinski definition) is 0. The average Bonchev–Trinajstić information content (AvgIpc) is 3.04. The van der Waals surface area contributed by atoms with Crippen LogP contribution in [-0.2, 0) is 16.0 Å². The monoisotopic (exact) mass is 412 g/mol. The minimum Gasteiger partial charge on any atom is -0.336 e. The predicted molar refractivity (Wildman–Crippen MR) is 119 cm³/mol. The van der Waals surface area contributed by atoms with Crippen molar-refractivity contribution in [2.45, 2.75) is 19.8 Å². The van der Waals surface area contributed by atoms with Gasteiger partial charge in [0.1, 0.15) is 11.5 Å². The summed E-state index contributed by atoms with van der Waals surface area (Å²) >= 11 is 0. The topological polar surface area (TPSA) is 40.6 Å². The molecule has 0 N–H and O–H groups in total. The molecule has 0 bridgehead atoms. The van der Waals surface area contributed by atoms with Gasteiger partial charge in [0.05, 0.1) is 11.3 Å². The molecule has 154 valence electrons. The Balaban J connectivity index is 1.70. The summed E-state index contributed by atoms with van der Waals surface area (Å²) in [6.07, 6.45) is 1.80. The zero-order valence-electron chi connectivity index (χ0n) is 17.1. The van der Waals surface area contributed by atoms with Crippen molar-refractivity contribution in [1.29, 1.82) is 0 Å². The van der Waals surface area contributed by atoms with Crippen molar-refractivity contribution >= 4 is 28.8 Å². The number of imide groups is 1. The van der Waals surface area contributed by atoms with Crippen molar-refractivity contribution in [1.82, 2.24) is 0 Å². The molecule has 2 amide bonds. The summed E-state index contributed by atoms with van der Waals surface area (Å²) in [6, 6.07) is 21.1. The molecule has 0 atom stereocenters. The van der Waals surface area contributed by atoms with E-state index in [4.69, 9.17) is 0 Å². The number of anilines is 2. The van der Waals surface area contributed by atoms with Gasteiger partial charge >= 0.3 is 0 Å². The molecule has 4 nitrogen and oxygen atoms in total. The molecule has 0 unspecified atom stereocenters. The standard InChI is InChI=1S/C26H21FN2O2/c1-17-11-13-19(14-12-17)23-24(28-15-5-7-18-6-2-3-10-22(18)28)26(31)29(25(23)30)21-9-4-8-20(27)16-21/h2-4,6,8-14,16H,5,7,15H2,1H3. The second kappa shape index (κ2) is 7.51. The van der Waals surface area contributed by atoms with Crippen molar-refractivity contribution in [3.8, 4) is 0 Å². The van der Waals surface area contributed by atoms with E-state index < -0.39 is 17.6 Å². The average molecular weight is 412 g/mol. The molecule has 31 heavy (non-hydrogen) atoms. The van der Waals surface area contributed by atoms with Crippen molar-refractivity contribution < 1.29 is 14.0 Å². The first-order chi connectivity index (χ1) is 15.0. The molecular formula is C26H21FN2O2. The highest BCUT2D eigenvalue weighted by Crippen LogP contribution is 2.39. The van der Waals surface area contributed by atoms with Crippen LogP contribution in [0.15, 0.2) is 78.5 Å².